The van der Waals surface area contributed by atoms with E-state index in [1.54, 1.807) is 0 Å². The molecule has 0 bridgehead atoms. The van der Waals surface area contributed by atoms with Crippen molar-refractivity contribution in [2.45, 2.75) is 39.2 Å². The van der Waals surface area contributed by atoms with Crippen LogP contribution in [0, 0.1) is 5.41 Å². The molecular weight excluding hydrogens is 284 g/mol. The van der Waals surface area contributed by atoms with Crippen LogP contribution in [-0.2, 0) is 11.3 Å². The minimum Gasteiger partial charge on any atom is -0.341 e. The fraction of sp³-hybridized carbons (Fsp3) is 0.588. The highest BCUT2D eigenvalue weighted by Gasteiger charge is 2.40. The molecule has 3 nitrogen and oxygen atoms in total. The minimum atomic E-state index is -0.166. The summed E-state index contributed by atoms with van der Waals surface area (Å²) in [5, 5.41) is 4.09. The Balaban J connectivity index is 2.07. The minimum absolute atomic E-state index is 0.166. The summed E-state index contributed by atoms with van der Waals surface area (Å²) >= 11 is 5.91. The first-order valence-electron chi connectivity index (χ1n) is 7.78. The van der Waals surface area contributed by atoms with Crippen LogP contribution in [0.3, 0.4) is 0 Å². The zero-order chi connectivity index (χ0) is 15.3. The number of rotatable bonds is 5. The predicted molar refractivity (Wildman–Crippen MR) is 87.4 cm³/mol. The molecule has 1 aromatic rings. The van der Waals surface area contributed by atoms with Crippen LogP contribution in [0.15, 0.2) is 24.3 Å². The highest BCUT2D eigenvalue weighted by molar-refractivity contribution is 6.30. The van der Waals surface area contributed by atoms with E-state index < -0.39 is 0 Å². The zero-order valence-electron chi connectivity index (χ0n) is 13.0. The monoisotopic (exact) mass is 308 g/mol. The van der Waals surface area contributed by atoms with Gasteiger partial charge in [-0.2, -0.15) is 0 Å². The van der Waals surface area contributed by atoms with Gasteiger partial charge in [0.25, 0.3) is 0 Å². The predicted octanol–water partition coefficient (Wildman–Crippen LogP) is 3.47. The molecule has 1 N–H and O–H groups in total. The number of amides is 1. The highest BCUT2D eigenvalue weighted by atomic mass is 35.5. The van der Waals surface area contributed by atoms with Gasteiger partial charge in [0.1, 0.15) is 0 Å². The molecule has 2 rings (SSSR count). The number of carbonyl (C=O) groups is 1. The molecule has 1 amide bonds. The summed E-state index contributed by atoms with van der Waals surface area (Å²) in [7, 11) is 1.91. The van der Waals surface area contributed by atoms with Gasteiger partial charge in [0, 0.05) is 18.6 Å². The Hall–Kier alpha value is -1.06. The van der Waals surface area contributed by atoms with Gasteiger partial charge in [-0.25, -0.2) is 0 Å². The van der Waals surface area contributed by atoms with Crippen LogP contribution in [0.2, 0.25) is 5.02 Å². The molecule has 0 radical (unpaired) electrons. The fourth-order valence-corrected chi connectivity index (χ4v) is 3.42. The Morgan fingerprint density at radius 3 is 2.48 bits per heavy atom. The number of nitrogens with zero attached hydrogens (tertiary/aromatic N) is 1. The van der Waals surface area contributed by atoms with Gasteiger partial charge < -0.3 is 10.2 Å². The average Bonchev–Trinajstić information content (AvgIpc) is 2.50. The van der Waals surface area contributed by atoms with E-state index >= 15 is 0 Å². The number of nitrogens with one attached hydrogen (secondary N) is 1. The normalized spacial score (nSPS) is 17.5. The molecule has 1 fully saturated rings. The van der Waals surface area contributed by atoms with E-state index in [1.807, 2.05) is 36.2 Å². The van der Waals surface area contributed by atoms with Gasteiger partial charge >= 0.3 is 0 Å². The van der Waals surface area contributed by atoms with Crippen molar-refractivity contribution < 1.29 is 4.79 Å². The van der Waals surface area contributed by atoms with E-state index in [4.69, 9.17) is 11.6 Å². The maximum atomic E-state index is 13.0. The van der Waals surface area contributed by atoms with Crippen molar-refractivity contribution in [1.82, 2.24) is 10.2 Å². The van der Waals surface area contributed by atoms with Crippen LogP contribution in [0.5, 0.6) is 0 Å². The molecule has 1 heterocycles. The van der Waals surface area contributed by atoms with Gasteiger partial charge in [0.2, 0.25) is 5.91 Å². The second-order valence-corrected chi connectivity index (χ2v) is 6.50. The first-order valence-corrected chi connectivity index (χ1v) is 8.16. The Morgan fingerprint density at radius 1 is 1.29 bits per heavy atom. The maximum Gasteiger partial charge on any atom is 0.228 e. The number of piperidine rings is 1. The molecule has 0 unspecified atom stereocenters. The summed E-state index contributed by atoms with van der Waals surface area (Å²) in [6, 6.07) is 7.73. The van der Waals surface area contributed by atoms with E-state index in [0.717, 1.165) is 49.4 Å². The van der Waals surface area contributed by atoms with E-state index in [1.165, 1.54) is 0 Å². The van der Waals surface area contributed by atoms with Crippen molar-refractivity contribution >= 4 is 17.5 Å². The van der Waals surface area contributed by atoms with Crippen molar-refractivity contribution in [1.29, 1.82) is 0 Å². The summed E-state index contributed by atoms with van der Waals surface area (Å²) in [5.74, 6) is 0.292. The van der Waals surface area contributed by atoms with E-state index in [2.05, 4.69) is 12.2 Å². The Morgan fingerprint density at radius 2 is 1.90 bits per heavy atom. The summed E-state index contributed by atoms with van der Waals surface area (Å²) in [4.78, 5) is 14.8. The first kappa shape index (κ1) is 16.3. The molecule has 21 heavy (non-hydrogen) atoms. The third-order valence-electron chi connectivity index (χ3n) is 4.42. The zero-order valence-corrected chi connectivity index (χ0v) is 13.7. The SMILES string of the molecule is CCCC1(C(=O)N(C)Cc2ccc(Cl)cc2)CCNCC1. The molecule has 0 saturated carbocycles. The lowest BCUT2D eigenvalue weighted by Gasteiger charge is -2.39. The molecule has 1 saturated heterocycles. The van der Waals surface area contributed by atoms with Crippen molar-refractivity contribution in [3.05, 3.63) is 34.9 Å². The van der Waals surface area contributed by atoms with Crippen LogP contribution in [-0.4, -0.2) is 30.9 Å². The average molecular weight is 309 g/mol. The summed E-state index contributed by atoms with van der Waals surface area (Å²) in [6.45, 7) is 4.70. The number of benzene rings is 1. The van der Waals surface area contributed by atoms with Crippen LogP contribution in [0.25, 0.3) is 0 Å². The molecule has 0 spiro atoms. The molecule has 1 aliphatic heterocycles. The molecule has 1 aliphatic rings. The second-order valence-electron chi connectivity index (χ2n) is 6.07. The molecule has 4 heteroatoms. The Bertz CT molecular complexity index is 461. The van der Waals surface area contributed by atoms with Gasteiger partial charge in [0.05, 0.1) is 5.41 Å². The van der Waals surface area contributed by atoms with Crippen LogP contribution in [0.1, 0.15) is 38.2 Å². The lowest BCUT2D eigenvalue weighted by atomic mass is 9.74. The fourth-order valence-electron chi connectivity index (χ4n) is 3.30. The molecule has 1 aromatic carbocycles. The number of hydrogen-bond acceptors (Lipinski definition) is 2. The van der Waals surface area contributed by atoms with Crippen LogP contribution in [0.4, 0.5) is 0 Å². The standard InChI is InChI=1S/C17H25ClN2O/c1-3-8-17(9-11-19-12-10-17)16(21)20(2)13-14-4-6-15(18)7-5-14/h4-7,19H,3,8-13H2,1-2H3. The van der Waals surface area contributed by atoms with Gasteiger partial charge in [0.15, 0.2) is 0 Å². The molecule has 0 atom stereocenters. The van der Waals surface area contributed by atoms with Gasteiger partial charge in [-0.3, -0.25) is 4.79 Å². The van der Waals surface area contributed by atoms with Crippen molar-refractivity contribution in [2.24, 2.45) is 5.41 Å². The first-order chi connectivity index (χ1) is 10.1. The lowest BCUT2D eigenvalue weighted by Crippen LogP contribution is -2.47. The second kappa shape index (κ2) is 7.28. The largest absolute Gasteiger partial charge is 0.341 e. The summed E-state index contributed by atoms with van der Waals surface area (Å²) in [5.41, 5.74) is 0.956. The van der Waals surface area contributed by atoms with Crippen molar-refractivity contribution in [3.63, 3.8) is 0 Å². The van der Waals surface area contributed by atoms with E-state index in [9.17, 15) is 4.79 Å². The third kappa shape index (κ3) is 3.98. The quantitative estimate of drug-likeness (QED) is 0.903. The molecule has 0 aromatic heterocycles. The number of hydrogen-bond donors (Lipinski definition) is 1. The molecule has 0 aliphatic carbocycles. The van der Waals surface area contributed by atoms with Crippen molar-refractivity contribution in [2.75, 3.05) is 20.1 Å². The van der Waals surface area contributed by atoms with Gasteiger partial charge in [-0.1, -0.05) is 37.1 Å². The Labute approximate surface area is 132 Å². The van der Waals surface area contributed by atoms with Gasteiger partial charge in [-0.05, 0) is 50.0 Å². The van der Waals surface area contributed by atoms with Crippen LogP contribution >= 0.6 is 11.6 Å². The summed E-state index contributed by atoms with van der Waals surface area (Å²) < 4.78 is 0. The van der Waals surface area contributed by atoms with Crippen LogP contribution < -0.4 is 5.32 Å². The maximum absolute atomic E-state index is 13.0. The smallest absolute Gasteiger partial charge is 0.228 e. The molecule has 116 valence electrons. The third-order valence-corrected chi connectivity index (χ3v) is 4.67. The molecular formula is C17H25ClN2O. The van der Waals surface area contributed by atoms with E-state index in [0.29, 0.717) is 12.5 Å². The van der Waals surface area contributed by atoms with E-state index in [-0.39, 0.29) is 5.41 Å². The number of carbonyl (C=O) groups excluding carboxylic acids is 1. The van der Waals surface area contributed by atoms with Gasteiger partial charge in [-0.15, -0.1) is 0 Å². The highest BCUT2D eigenvalue weighted by Crippen LogP contribution is 2.36. The topological polar surface area (TPSA) is 32.3 Å². The number of halogens is 1. The van der Waals surface area contributed by atoms with Crippen molar-refractivity contribution in [3.8, 4) is 0 Å². The lowest BCUT2D eigenvalue weighted by molar-refractivity contribution is -0.143. The summed E-state index contributed by atoms with van der Waals surface area (Å²) in [6.07, 6.45) is 3.94. The Kier molecular flexibility index (Phi) is 5.65.